The van der Waals surface area contributed by atoms with Crippen molar-refractivity contribution in [2.24, 2.45) is 0 Å². The third-order valence-corrected chi connectivity index (χ3v) is 8.34. The predicted octanol–water partition coefficient (Wildman–Crippen LogP) is 11.4. The number of hydrogen-bond donors (Lipinski definition) is 3. The Bertz CT molecular complexity index is 1270. The summed E-state index contributed by atoms with van der Waals surface area (Å²) in [6.45, 7) is 3.37. The SMILES string of the molecule is CC/C=C\C/C=C\CC(O)/C=C/C=C\C/C=C\CCCC(=O)O[C@H](COC(=O)CCCCC/C=C\C/C=C\C/C=C\C/C=C\CCCCC)COP(=O)(O)O. The molecule has 0 aliphatic heterocycles. The molecule has 0 fully saturated rings. The molecule has 0 rings (SSSR count). The molecule has 0 aromatic carbocycles. The first-order valence-electron chi connectivity index (χ1n) is 20.3. The first-order chi connectivity index (χ1) is 26.7. The third-order valence-electron chi connectivity index (χ3n) is 7.86. The Kier molecular flexibility index (Phi) is 36.6. The molecular weight excluding hydrogens is 715 g/mol. The minimum atomic E-state index is -4.80. The Labute approximate surface area is 332 Å². The lowest BCUT2D eigenvalue weighted by Crippen LogP contribution is -2.29. The topological polar surface area (TPSA) is 140 Å². The Morgan fingerprint density at radius 1 is 0.582 bits per heavy atom. The number of unbranched alkanes of at least 4 members (excludes halogenated alkanes) is 7. The van der Waals surface area contributed by atoms with Gasteiger partial charge in [-0.25, -0.2) is 4.57 Å². The monoisotopic (exact) mass is 786 g/mol. The zero-order chi connectivity index (χ0) is 40.5. The summed E-state index contributed by atoms with van der Waals surface area (Å²) in [6.07, 6.45) is 51.3. The molecule has 10 heteroatoms. The van der Waals surface area contributed by atoms with Gasteiger partial charge in [0.2, 0.25) is 0 Å². The van der Waals surface area contributed by atoms with Gasteiger partial charge in [0, 0.05) is 12.8 Å². The number of aliphatic hydroxyl groups is 1. The molecule has 9 nitrogen and oxygen atoms in total. The molecule has 0 aliphatic rings. The second-order valence-corrected chi connectivity index (χ2v) is 14.3. The van der Waals surface area contributed by atoms with Crippen LogP contribution in [0.1, 0.15) is 136 Å². The number of phosphoric acid groups is 1. The maximum atomic E-state index is 12.4. The van der Waals surface area contributed by atoms with E-state index in [2.05, 4.69) is 79.1 Å². The van der Waals surface area contributed by atoms with E-state index in [1.165, 1.54) is 25.7 Å². The molecule has 0 heterocycles. The van der Waals surface area contributed by atoms with Crippen LogP contribution in [0.2, 0.25) is 0 Å². The third kappa shape index (κ3) is 41.7. The molecule has 0 radical (unpaired) electrons. The van der Waals surface area contributed by atoms with Gasteiger partial charge in [-0.3, -0.25) is 14.1 Å². The van der Waals surface area contributed by atoms with Gasteiger partial charge in [-0.05, 0) is 89.9 Å². The van der Waals surface area contributed by atoms with Crippen molar-refractivity contribution in [3.63, 3.8) is 0 Å². The van der Waals surface area contributed by atoms with Crippen molar-refractivity contribution in [1.82, 2.24) is 0 Å². The molecule has 310 valence electrons. The second-order valence-electron chi connectivity index (χ2n) is 13.1. The van der Waals surface area contributed by atoms with Gasteiger partial charge in [0.25, 0.3) is 0 Å². The van der Waals surface area contributed by atoms with Gasteiger partial charge < -0.3 is 24.4 Å². The lowest BCUT2D eigenvalue weighted by atomic mass is 10.1. The van der Waals surface area contributed by atoms with Gasteiger partial charge in [-0.15, -0.1) is 0 Å². The van der Waals surface area contributed by atoms with E-state index >= 15 is 0 Å². The van der Waals surface area contributed by atoms with Crippen LogP contribution >= 0.6 is 7.82 Å². The summed E-state index contributed by atoms with van der Waals surface area (Å²) in [6, 6.07) is 0. The van der Waals surface area contributed by atoms with Crippen molar-refractivity contribution >= 4 is 19.8 Å². The summed E-state index contributed by atoms with van der Waals surface area (Å²) in [5.41, 5.74) is 0. The van der Waals surface area contributed by atoms with Crippen molar-refractivity contribution in [2.75, 3.05) is 13.2 Å². The van der Waals surface area contributed by atoms with Crippen LogP contribution in [0.5, 0.6) is 0 Å². The lowest BCUT2D eigenvalue weighted by molar-refractivity contribution is -0.161. The van der Waals surface area contributed by atoms with Crippen LogP contribution in [0.3, 0.4) is 0 Å². The zero-order valence-corrected chi connectivity index (χ0v) is 34.5. The number of allylic oxidation sites excluding steroid dienone is 16. The van der Waals surface area contributed by atoms with Crippen molar-refractivity contribution in [2.45, 2.75) is 148 Å². The quantitative estimate of drug-likeness (QED) is 0.0188. The van der Waals surface area contributed by atoms with E-state index in [0.29, 0.717) is 32.1 Å². The summed E-state index contributed by atoms with van der Waals surface area (Å²) in [7, 11) is -4.80. The average Bonchev–Trinajstić information content (AvgIpc) is 3.15. The number of aliphatic hydroxyl groups excluding tert-OH is 1. The predicted molar refractivity (Wildman–Crippen MR) is 226 cm³/mol. The van der Waals surface area contributed by atoms with Crippen LogP contribution in [-0.4, -0.2) is 52.3 Å². The summed E-state index contributed by atoms with van der Waals surface area (Å²) < 4.78 is 26.2. The van der Waals surface area contributed by atoms with Crippen LogP contribution in [0.25, 0.3) is 0 Å². The van der Waals surface area contributed by atoms with Crippen LogP contribution < -0.4 is 0 Å². The van der Waals surface area contributed by atoms with E-state index in [9.17, 15) is 19.3 Å². The van der Waals surface area contributed by atoms with Gasteiger partial charge in [-0.2, -0.15) is 0 Å². The maximum absolute atomic E-state index is 12.4. The summed E-state index contributed by atoms with van der Waals surface area (Å²) >= 11 is 0. The Hall–Kier alpha value is -3.33. The molecule has 55 heavy (non-hydrogen) atoms. The number of hydrogen-bond acceptors (Lipinski definition) is 7. The van der Waals surface area contributed by atoms with E-state index in [1.54, 1.807) is 6.08 Å². The number of phosphoric ester groups is 1. The normalized spacial score (nSPS) is 14.2. The Morgan fingerprint density at radius 3 is 1.71 bits per heavy atom. The Balaban J connectivity index is 4.19. The van der Waals surface area contributed by atoms with Gasteiger partial charge in [0.1, 0.15) is 6.61 Å². The second kappa shape index (κ2) is 38.9. The van der Waals surface area contributed by atoms with Gasteiger partial charge in [0.15, 0.2) is 6.10 Å². The van der Waals surface area contributed by atoms with Gasteiger partial charge in [0.05, 0.1) is 12.7 Å². The number of esters is 2. The van der Waals surface area contributed by atoms with Crippen molar-refractivity contribution in [3.8, 4) is 0 Å². The lowest BCUT2D eigenvalue weighted by Gasteiger charge is -2.18. The van der Waals surface area contributed by atoms with E-state index in [-0.39, 0.29) is 19.4 Å². The first-order valence-corrected chi connectivity index (χ1v) is 21.8. The molecule has 0 spiro atoms. The van der Waals surface area contributed by atoms with Crippen LogP contribution in [0.15, 0.2) is 109 Å². The molecule has 1 unspecified atom stereocenters. The van der Waals surface area contributed by atoms with Gasteiger partial charge in [-0.1, -0.05) is 142 Å². The summed E-state index contributed by atoms with van der Waals surface area (Å²) in [5.74, 6) is -1.04. The number of rotatable bonds is 35. The molecular formula is C45H71O9P. The largest absolute Gasteiger partial charge is 0.469 e. The molecule has 0 saturated carbocycles. The van der Waals surface area contributed by atoms with E-state index in [1.807, 2.05) is 42.5 Å². The highest BCUT2D eigenvalue weighted by atomic mass is 31.2. The average molecular weight is 787 g/mol. The molecule has 0 aliphatic carbocycles. The molecule has 0 bridgehead atoms. The van der Waals surface area contributed by atoms with E-state index in [0.717, 1.165) is 51.4 Å². The van der Waals surface area contributed by atoms with Crippen LogP contribution in [0.4, 0.5) is 0 Å². The molecule has 3 N–H and O–H groups in total. The van der Waals surface area contributed by atoms with Crippen molar-refractivity contribution in [3.05, 3.63) is 109 Å². The van der Waals surface area contributed by atoms with E-state index < -0.39 is 38.6 Å². The molecule has 0 amide bonds. The van der Waals surface area contributed by atoms with Gasteiger partial charge >= 0.3 is 19.8 Å². The minimum absolute atomic E-state index is 0.0872. The summed E-state index contributed by atoms with van der Waals surface area (Å²) in [5, 5.41) is 9.98. The van der Waals surface area contributed by atoms with Crippen LogP contribution in [-0.2, 0) is 28.2 Å². The molecule has 0 aromatic rings. The Morgan fingerprint density at radius 2 is 1.11 bits per heavy atom. The van der Waals surface area contributed by atoms with Crippen molar-refractivity contribution < 1.29 is 43.0 Å². The molecule has 2 atom stereocenters. The zero-order valence-electron chi connectivity index (χ0n) is 33.6. The fraction of sp³-hybridized carbons (Fsp3) is 0.556. The van der Waals surface area contributed by atoms with Crippen molar-refractivity contribution in [1.29, 1.82) is 0 Å². The maximum Gasteiger partial charge on any atom is 0.469 e. The fourth-order valence-electron chi connectivity index (χ4n) is 4.83. The highest BCUT2D eigenvalue weighted by Crippen LogP contribution is 2.36. The molecule has 0 aromatic heterocycles. The summed E-state index contributed by atoms with van der Waals surface area (Å²) in [4.78, 5) is 42.8. The minimum Gasteiger partial charge on any atom is -0.462 e. The highest BCUT2D eigenvalue weighted by Gasteiger charge is 2.22. The number of ether oxygens (including phenoxy) is 2. The van der Waals surface area contributed by atoms with Crippen LogP contribution in [0, 0.1) is 0 Å². The smallest absolute Gasteiger partial charge is 0.462 e. The fourth-order valence-corrected chi connectivity index (χ4v) is 5.19. The van der Waals surface area contributed by atoms with E-state index in [4.69, 9.17) is 19.3 Å². The number of carbonyl (C=O) groups excluding carboxylic acids is 2. The number of carbonyl (C=O) groups is 2. The highest BCUT2D eigenvalue weighted by molar-refractivity contribution is 7.46. The molecule has 0 saturated heterocycles. The standard InChI is InChI=1S/C45H71O9P/c1-3-5-7-9-11-12-13-14-15-16-17-18-19-20-21-22-26-30-34-38-44(47)52-40-43(41-53-55(49,50)51)54-45(48)39-35-31-27-24-23-25-29-33-37-42(46)36-32-28-10-8-6-4-2/h6,8,11-12,14-15,17-18,20-21,24-25,27-29,32-33,37,42-43,46H,3-5,7,9-10,13,16,19,22-23,26,30-31,34-36,38-41H2,1-2H3,(H2,49,50,51)/b8-6-,12-11-,15-14-,18-17-,21-20-,27-24-,29-25-,32-28-,37-33+/t42?,43-/m1/s1. The first kappa shape index (κ1) is 51.7.